The van der Waals surface area contributed by atoms with Crippen LogP contribution in [0.3, 0.4) is 0 Å². The van der Waals surface area contributed by atoms with E-state index in [0.29, 0.717) is 0 Å². The molecule has 14 heavy (non-hydrogen) atoms. The summed E-state index contributed by atoms with van der Waals surface area (Å²) in [6, 6.07) is 12.1. The Hall–Kier alpha value is -0.860. The molecule has 0 heterocycles. The highest BCUT2D eigenvalue weighted by molar-refractivity contribution is 9.10. The molecular formula is C12H11BrO. The number of rotatable bonds is 1. The molecule has 2 rings (SSSR count). The largest absolute Gasteiger partial charge is 0.389 e. The highest BCUT2D eigenvalue weighted by atomic mass is 79.9. The van der Waals surface area contributed by atoms with Crippen LogP contribution in [0.15, 0.2) is 40.9 Å². The maximum absolute atomic E-state index is 9.43. The summed E-state index contributed by atoms with van der Waals surface area (Å²) in [5.74, 6) is 0. The van der Waals surface area contributed by atoms with Crippen molar-refractivity contribution in [1.29, 1.82) is 0 Å². The maximum Gasteiger partial charge on any atom is 0.0762 e. The van der Waals surface area contributed by atoms with E-state index in [9.17, 15) is 5.11 Å². The number of hydrogen-bond donors (Lipinski definition) is 1. The molecule has 1 N–H and O–H groups in total. The molecule has 0 saturated carbocycles. The lowest BCUT2D eigenvalue weighted by atomic mass is 10.0. The van der Waals surface area contributed by atoms with Gasteiger partial charge in [-0.25, -0.2) is 0 Å². The van der Waals surface area contributed by atoms with E-state index in [0.717, 1.165) is 15.4 Å². The third-order valence-corrected chi connectivity index (χ3v) is 2.80. The van der Waals surface area contributed by atoms with Crippen LogP contribution >= 0.6 is 15.9 Å². The summed E-state index contributed by atoms with van der Waals surface area (Å²) < 4.78 is 1.08. The molecule has 1 nitrogen and oxygen atoms in total. The Bertz CT molecular complexity index is 463. The molecule has 2 aromatic carbocycles. The standard InChI is InChI=1S/C12H11BrO/c1-8(14)9-2-3-11-7-12(13)5-4-10(11)6-9/h2-8,14H,1H3. The van der Waals surface area contributed by atoms with Gasteiger partial charge in [-0.05, 0) is 41.5 Å². The van der Waals surface area contributed by atoms with Crippen molar-refractivity contribution in [2.45, 2.75) is 13.0 Å². The van der Waals surface area contributed by atoms with Crippen LogP contribution in [-0.2, 0) is 0 Å². The Morgan fingerprint density at radius 3 is 2.43 bits per heavy atom. The van der Waals surface area contributed by atoms with Crippen molar-refractivity contribution in [1.82, 2.24) is 0 Å². The molecule has 2 heteroatoms. The van der Waals surface area contributed by atoms with Crippen LogP contribution in [-0.4, -0.2) is 5.11 Å². The first-order valence-corrected chi connectivity index (χ1v) is 5.33. The van der Waals surface area contributed by atoms with Crippen LogP contribution in [0, 0.1) is 0 Å². The first-order chi connectivity index (χ1) is 6.66. The minimum atomic E-state index is -0.400. The fraction of sp³-hybridized carbons (Fsp3) is 0.167. The van der Waals surface area contributed by atoms with Gasteiger partial charge >= 0.3 is 0 Å². The van der Waals surface area contributed by atoms with Gasteiger partial charge in [0.2, 0.25) is 0 Å². The molecule has 0 saturated heterocycles. The van der Waals surface area contributed by atoms with Crippen LogP contribution in [0.5, 0.6) is 0 Å². The molecule has 0 aliphatic heterocycles. The minimum absolute atomic E-state index is 0.400. The van der Waals surface area contributed by atoms with E-state index in [1.807, 2.05) is 30.3 Å². The average molecular weight is 251 g/mol. The van der Waals surface area contributed by atoms with E-state index in [-0.39, 0.29) is 0 Å². The fourth-order valence-corrected chi connectivity index (χ4v) is 1.87. The van der Waals surface area contributed by atoms with Crippen LogP contribution in [0.2, 0.25) is 0 Å². The minimum Gasteiger partial charge on any atom is -0.389 e. The summed E-state index contributed by atoms with van der Waals surface area (Å²) in [6.07, 6.45) is -0.400. The molecule has 0 bridgehead atoms. The second-order valence-corrected chi connectivity index (χ2v) is 4.34. The zero-order valence-corrected chi connectivity index (χ0v) is 9.45. The van der Waals surface area contributed by atoms with Gasteiger partial charge in [0.15, 0.2) is 0 Å². The zero-order chi connectivity index (χ0) is 10.1. The van der Waals surface area contributed by atoms with Crippen LogP contribution in [0.4, 0.5) is 0 Å². The maximum atomic E-state index is 9.43. The Labute approximate surface area is 91.5 Å². The van der Waals surface area contributed by atoms with E-state index in [1.165, 1.54) is 5.39 Å². The summed E-state index contributed by atoms with van der Waals surface area (Å²) in [5.41, 5.74) is 0.958. The monoisotopic (exact) mass is 250 g/mol. The molecule has 0 fully saturated rings. The van der Waals surface area contributed by atoms with Gasteiger partial charge in [-0.15, -0.1) is 0 Å². The van der Waals surface area contributed by atoms with Gasteiger partial charge < -0.3 is 5.11 Å². The quantitative estimate of drug-likeness (QED) is 0.820. The predicted molar refractivity (Wildman–Crippen MR) is 62.3 cm³/mol. The molecule has 0 aliphatic rings. The molecule has 0 aromatic heterocycles. The van der Waals surface area contributed by atoms with Crippen LogP contribution in [0.1, 0.15) is 18.6 Å². The van der Waals surface area contributed by atoms with Crippen molar-refractivity contribution in [2.24, 2.45) is 0 Å². The molecule has 2 aromatic rings. The SMILES string of the molecule is CC(O)c1ccc2cc(Br)ccc2c1. The van der Waals surface area contributed by atoms with Crippen molar-refractivity contribution in [3.63, 3.8) is 0 Å². The highest BCUT2D eigenvalue weighted by Crippen LogP contribution is 2.23. The molecular weight excluding hydrogens is 240 g/mol. The van der Waals surface area contributed by atoms with Gasteiger partial charge in [-0.1, -0.05) is 34.1 Å². The van der Waals surface area contributed by atoms with Crippen molar-refractivity contribution in [3.8, 4) is 0 Å². The van der Waals surface area contributed by atoms with Gasteiger partial charge in [0.05, 0.1) is 6.10 Å². The lowest BCUT2D eigenvalue weighted by Gasteiger charge is -2.06. The first-order valence-electron chi connectivity index (χ1n) is 4.54. The lowest BCUT2D eigenvalue weighted by Crippen LogP contribution is -1.89. The Morgan fingerprint density at radius 1 is 1.07 bits per heavy atom. The second kappa shape index (κ2) is 3.71. The van der Waals surface area contributed by atoms with E-state index in [1.54, 1.807) is 6.92 Å². The topological polar surface area (TPSA) is 20.2 Å². The summed E-state index contributed by atoms with van der Waals surface area (Å²) in [4.78, 5) is 0. The van der Waals surface area contributed by atoms with Gasteiger partial charge in [-0.3, -0.25) is 0 Å². The Balaban J connectivity index is 2.62. The summed E-state index contributed by atoms with van der Waals surface area (Å²) in [7, 11) is 0. The van der Waals surface area contributed by atoms with Crippen molar-refractivity contribution in [3.05, 3.63) is 46.4 Å². The fourth-order valence-electron chi connectivity index (χ4n) is 1.49. The van der Waals surface area contributed by atoms with E-state index in [4.69, 9.17) is 0 Å². The van der Waals surface area contributed by atoms with Crippen LogP contribution < -0.4 is 0 Å². The van der Waals surface area contributed by atoms with Gasteiger partial charge in [-0.2, -0.15) is 0 Å². The smallest absolute Gasteiger partial charge is 0.0762 e. The summed E-state index contributed by atoms with van der Waals surface area (Å²) in [6.45, 7) is 1.78. The van der Waals surface area contributed by atoms with E-state index < -0.39 is 6.10 Å². The Morgan fingerprint density at radius 2 is 1.71 bits per heavy atom. The van der Waals surface area contributed by atoms with Crippen LogP contribution in [0.25, 0.3) is 10.8 Å². The highest BCUT2D eigenvalue weighted by Gasteiger charge is 2.01. The summed E-state index contributed by atoms with van der Waals surface area (Å²) in [5, 5.41) is 11.8. The number of fused-ring (bicyclic) bond motifs is 1. The lowest BCUT2D eigenvalue weighted by molar-refractivity contribution is 0.199. The molecule has 0 aliphatic carbocycles. The molecule has 0 radical (unpaired) electrons. The molecule has 0 amide bonds. The normalized spacial score (nSPS) is 13.1. The third-order valence-electron chi connectivity index (χ3n) is 2.31. The Kier molecular flexibility index (Phi) is 2.57. The third kappa shape index (κ3) is 1.81. The number of hydrogen-bond acceptors (Lipinski definition) is 1. The number of benzene rings is 2. The van der Waals surface area contributed by atoms with E-state index in [2.05, 4.69) is 22.0 Å². The zero-order valence-electron chi connectivity index (χ0n) is 7.87. The molecule has 0 spiro atoms. The number of halogens is 1. The second-order valence-electron chi connectivity index (χ2n) is 3.43. The number of aliphatic hydroxyl groups excluding tert-OH is 1. The molecule has 72 valence electrons. The van der Waals surface area contributed by atoms with Crippen molar-refractivity contribution < 1.29 is 5.11 Å². The van der Waals surface area contributed by atoms with E-state index >= 15 is 0 Å². The van der Waals surface area contributed by atoms with Crippen molar-refractivity contribution >= 4 is 26.7 Å². The predicted octanol–water partition coefficient (Wildman–Crippen LogP) is 3.66. The first kappa shape index (κ1) is 9.69. The summed E-state index contributed by atoms with van der Waals surface area (Å²) >= 11 is 3.43. The number of aliphatic hydroxyl groups is 1. The van der Waals surface area contributed by atoms with Gasteiger partial charge in [0.25, 0.3) is 0 Å². The van der Waals surface area contributed by atoms with Gasteiger partial charge in [0.1, 0.15) is 0 Å². The molecule has 1 unspecified atom stereocenters. The molecule has 1 atom stereocenters. The van der Waals surface area contributed by atoms with Gasteiger partial charge in [0, 0.05) is 4.47 Å². The average Bonchev–Trinajstić information content (AvgIpc) is 2.16. The van der Waals surface area contributed by atoms with Crippen molar-refractivity contribution in [2.75, 3.05) is 0 Å².